The highest BCUT2D eigenvalue weighted by Crippen LogP contribution is 2.25. The first kappa shape index (κ1) is 15.7. The van der Waals surface area contributed by atoms with Gasteiger partial charge in [-0.05, 0) is 42.6 Å². The molecule has 0 saturated heterocycles. The fraction of sp³-hybridized carbons (Fsp3) is 0.333. The minimum Gasteiger partial charge on any atom is -0.300 e. The van der Waals surface area contributed by atoms with E-state index in [1.165, 1.54) is 10.4 Å². The lowest BCUT2D eigenvalue weighted by molar-refractivity contribution is 0.189. The van der Waals surface area contributed by atoms with Crippen LogP contribution in [0.2, 0.25) is 0 Å². The largest absolute Gasteiger partial charge is 0.300 e. The van der Waals surface area contributed by atoms with Gasteiger partial charge < -0.3 is 4.57 Å². The van der Waals surface area contributed by atoms with Gasteiger partial charge in [0.25, 0.3) is 0 Å². The van der Waals surface area contributed by atoms with Crippen molar-refractivity contribution in [1.29, 1.82) is 0 Å². The lowest BCUT2D eigenvalue weighted by Gasteiger charge is -2.26. The topological polar surface area (TPSA) is 26.0 Å². The first-order valence-corrected chi connectivity index (χ1v) is 9.55. The van der Waals surface area contributed by atoms with Crippen LogP contribution in [0.3, 0.4) is 0 Å². The normalized spacial score (nSPS) is 14.7. The zero-order valence-electron chi connectivity index (χ0n) is 13.7. The number of aromatic nitrogens is 3. The number of fused-ring (bicyclic) bond motifs is 1. The Kier molecular flexibility index (Phi) is 4.35. The molecule has 0 bridgehead atoms. The molecule has 6 heteroatoms. The molecule has 0 N–H and O–H groups in total. The number of hydrogen-bond acceptors (Lipinski definition) is 4. The summed E-state index contributed by atoms with van der Waals surface area (Å²) in [5, 5.41) is 7.02. The SMILES string of the molecule is CCn1c(-c2ccccc2)nn(CN2CCc3sccc3C2)c1=S. The Morgan fingerprint density at radius 2 is 2.04 bits per heavy atom. The molecule has 0 unspecified atom stereocenters. The molecule has 0 spiro atoms. The van der Waals surface area contributed by atoms with E-state index < -0.39 is 0 Å². The Bertz CT molecular complexity index is 891. The molecule has 4 nitrogen and oxygen atoms in total. The summed E-state index contributed by atoms with van der Waals surface area (Å²) in [5.74, 6) is 0.955. The smallest absolute Gasteiger partial charge is 0.199 e. The van der Waals surface area contributed by atoms with Gasteiger partial charge in [0.1, 0.15) is 0 Å². The van der Waals surface area contributed by atoms with Crippen LogP contribution in [0.15, 0.2) is 41.8 Å². The first-order valence-electron chi connectivity index (χ1n) is 8.27. The van der Waals surface area contributed by atoms with Crippen molar-refractivity contribution in [2.45, 2.75) is 33.1 Å². The maximum Gasteiger partial charge on any atom is 0.199 e. The van der Waals surface area contributed by atoms with E-state index in [4.69, 9.17) is 17.3 Å². The van der Waals surface area contributed by atoms with Gasteiger partial charge in [-0.25, -0.2) is 4.68 Å². The molecule has 24 heavy (non-hydrogen) atoms. The van der Waals surface area contributed by atoms with Crippen LogP contribution in [0, 0.1) is 4.77 Å². The molecule has 4 rings (SSSR count). The molecule has 0 radical (unpaired) electrons. The summed E-state index contributed by atoms with van der Waals surface area (Å²) in [5.41, 5.74) is 2.57. The Labute approximate surface area is 151 Å². The highest BCUT2D eigenvalue weighted by Gasteiger charge is 2.19. The van der Waals surface area contributed by atoms with E-state index >= 15 is 0 Å². The van der Waals surface area contributed by atoms with Crippen LogP contribution >= 0.6 is 23.6 Å². The van der Waals surface area contributed by atoms with Gasteiger partial charge >= 0.3 is 0 Å². The van der Waals surface area contributed by atoms with Gasteiger partial charge in [0, 0.05) is 30.1 Å². The minimum atomic E-state index is 0.751. The zero-order chi connectivity index (χ0) is 16.5. The highest BCUT2D eigenvalue weighted by atomic mass is 32.1. The predicted molar refractivity (Wildman–Crippen MR) is 101 cm³/mol. The number of nitrogens with zero attached hydrogens (tertiary/aromatic N) is 4. The summed E-state index contributed by atoms with van der Waals surface area (Å²) in [6.45, 7) is 5.75. The molecule has 1 aliphatic rings. The molecule has 3 heterocycles. The summed E-state index contributed by atoms with van der Waals surface area (Å²) in [7, 11) is 0. The van der Waals surface area contributed by atoms with Crippen molar-refractivity contribution in [2.24, 2.45) is 0 Å². The number of thiophene rings is 1. The van der Waals surface area contributed by atoms with E-state index in [0.29, 0.717) is 0 Å². The lowest BCUT2D eigenvalue weighted by atomic mass is 10.1. The monoisotopic (exact) mass is 356 g/mol. The van der Waals surface area contributed by atoms with Crippen LogP contribution in [0.25, 0.3) is 11.4 Å². The third kappa shape index (κ3) is 2.85. The number of benzene rings is 1. The van der Waals surface area contributed by atoms with Crippen molar-refractivity contribution in [1.82, 2.24) is 19.2 Å². The molecular weight excluding hydrogens is 336 g/mol. The maximum absolute atomic E-state index is 5.68. The van der Waals surface area contributed by atoms with Gasteiger partial charge in [-0.1, -0.05) is 30.3 Å². The van der Waals surface area contributed by atoms with E-state index in [0.717, 1.165) is 48.9 Å². The van der Waals surface area contributed by atoms with E-state index in [1.807, 2.05) is 34.2 Å². The summed E-state index contributed by atoms with van der Waals surface area (Å²) in [6, 6.07) is 12.5. The molecule has 2 aromatic heterocycles. The first-order chi connectivity index (χ1) is 11.8. The van der Waals surface area contributed by atoms with Gasteiger partial charge in [-0.3, -0.25) is 4.90 Å². The molecule has 0 amide bonds. The van der Waals surface area contributed by atoms with Gasteiger partial charge in [-0.15, -0.1) is 11.3 Å². The molecule has 0 saturated carbocycles. The molecule has 0 aliphatic carbocycles. The van der Waals surface area contributed by atoms with Crippen molar-refractivity contribution in [2.75, 3.05) is 6.54 Å². The van der Waals surface area contributed by atoms with Crippen molar-refractivity contribution < 1.29 is 0 Å². The van der Waals surface area contributed by atoms with Gasteiger partial charge in [0.05, 0.1) is 6.67 Å². The Balaban J connectivity index is 1.63. The average molecular weight is 357 g/mol. The van der Waals surface area contributed by atoms with Crippen molar-refractivity contribution in [3.05, 3.63) is 57.0 Å². The van der Waals surface area contributed by atoms with E-state index in [9.17, 15) is 0 Å². The van der Waals surface area contributed by atoms with Crippen LogP contribution in [0.5, 0.6) is 0 Å². The fourth-order valence-electron chi connectivity index (χ4n) is 3.24. The standard InChI is InChI=1S/C18H20N4S2/c1-2-21-17(14-6-4-3-5-7-14)19-22(18(21)23)13-20-10-8-16-15(12-20)9-11-24-16/h3-7,9,11H,2,8,10,12-13H2,1H3. The van der Waals surface area contributed by atoms with Gasteiger partial charge in [-0.2, -0.15) is 5.10 Å². The fourth-order valence-corrected chi connectivity index (χ4v) is 4.44. The van der Waals surface area contributed by atoms with E-state index in [-0.39, 0.29) is 0 Å². The summed E-state index contributed by atoms with van der Waals surface area (Å²) < 4.78 is 4.89. The van der Waals surface area contributed by atoms with Crippen molar-refractivity contribution >= 4 is 23.6 Å². The highest BCUT2D eigenvalue weighted by molar-refractivity contribution is 7.71. The third-order valence-electron chi connectivity index (χ3n) is 4.49. The van der Waals surface area contributed by atoms with Crippen LogP contribution in [-0.2, 0) is 26.2 Å². The second-order valence-electron chi connectivity index (χ2n) is 6.03. The minimum absolute atomic E-state index is 0.751. The van der Waals surface area contributed by atoms with Crippen molar-refractivity contribution in [3.63, 3.8) is 0 Å². The molecule has 0 atom stereocenters. The van der Waals surface area contributed by atoms with Crippen LogP contribution in [-0.4, -0.2) is 25.8 Å². The van der Waals surface area contributed by atoms with Crippen LogP contribution < -0.4 is 0 Å². The lowest BCUT2D eigenvalue weighted by Crippen LogP contribution is -2.32. The Morgan fingerprint density at radius 3 is 2.83 bits per heavy atom. The predicted octanol–water partition coefficient (Wildman–Crippen LogP) is 4.18. The summed E-state index contributed by atoms with van der Waals surface area (Å²) >= 11 is 7.55. The van der Waals surface area contributed by atoms with Gasteiger partial charge in [0.2, 0.25) is 0 Å². The molecule has 1 aromatic carbocycles. The Hall–Kier alpha value is -1.76. The second-order valence-corrected chi connectivity index (χ2v) is 7.39. The maximum atomic E-state index is 5.68. The number of hydrogen-bond donors (Lipinski definition) is 0. The average Bonchev–Trinajstić information content (AvgIpc) is 3.20. The molecule has 3 aromatic rings. The third-order valence-corrected chi connectivity index (χ3v) is 5.95. The van der Waals surface area contributed by atoms with Crippen LogP contribution in [0.4, 0.5) is 0 Å². The second kappa shape index (κ2) is 6.63. The molecular formula is C18H20N4S2. The van der Waals surface area contributed by atoms with Crippen molar-refractivity contribution in [3.8, 4) is 11.4 Å². The molecule has 1 aliphatic heterocycles. The summed E-state index contributed by atoms with van der Waals surface area (Å²) in [4.78, 5) is 3.95. The zero-order valence-corrected chi connectivity index (χ0v) is 15.3. The van der Waals surface area contributed by atoms with E-state index in [1.54, 1.807) is 0 Å². The van der Waals surface area contributed by atoms with Gasteiger partial charge in [0.15, 0.2) is 10.6 Å². The molecule has 124 valence electrons. The summed E-state index contributed by atoms with van der Waals surface area (Å²) in [6.07, 6.45) is 1.13. The number of rotatable bonds is 4. The van der Waals surface area contributed by atoms with Crippen LogP contribution in [0.1, 0.15) is 17.4 Å². The quantitative estimate of drug-likeness (QED) is 0.656. The Morgan fingerprint density at radius 1 is 1.21 bits per heavy atom. The van der Waals surface area contributed by atoms with E-state index in [2.05, 4.69) is 40.0 Å². The molecule has 0 fully saturated rings.